The molecule has 1 atom stereocenters. The minimum Gasteiger partial charge on any atom is -0.439 e. The van der Waals surface area contributed by atoms with Gasteiger partial charge in [-0.2, -0.15) is 4.98 Å². The molecule has 0 fully saturated rings. The highest BCUT2D eigenvalue weighted by molar-refractivity contribution is 7.99. The Morgan fingerprint density at radius 2 is 2.10 bits per heavy atom. The molecule has 3 aromatic heterocycles. The summed E-state index contributed by atoms with van der Waals surface area (Å²) in [6.45, 7) is 2.02. The highest BCUT2D eigenvalue weighted by atomic mass is 32.2. The lowest BCUT2D eigenvalue weighted by molar-refractivity contribution is 0.533. The molecule has 0 aliphatic rings. The van der Waals surface area contributed by atoms with E-state index in [0.29, 0.717) is 16.8 Å². The third-order valence-corrected chi connectivity index (χ3v) is 3.98. The molecule has 0 aliphatic carbocycles. The molecule has 7 heteroatoms. The van der Waals surface area contributed by atoms with Gasteiger partial charge in [0.25, 0.3) is 5.78 Å². The van der Waals surface area contributed by atoms with Crippen molar-refractivity contribution in [3.8, 4) is 0 Å². The van der Waals surface area contributed by atoms with Gasteiger partial charge in [-0.1, -0.05) is 23.9 Å². The summed E-state index contributed by atoms with van der Waals surface area (Å²) in [4.78, 5) is 13.0. The highest BCUT2D eigenvalue weighted by Crippen LogP contribution is 2.33. The molecule has 0 radical (unpaired) electrons. The maximum absolute atomic E-state index is 5.77. The number of thioether (sulfide) groups is 1. The van der Waals surface area contributed by atoms with Crippen LogP contribution in [-0.2, 0) is 0 Å². The zero-order valence-corrected chi connectivity index (χ0v) is 12.0. The lowest BCUT2D eigenvalue weighted by atomic mass is 10.3. The smallest absolute Gasteiger partial charge is 0.253 e. The summed E-state index contributed by atoms with van der Waals surface area (Å²) >= 11 is 1.50. The topological polar surface area (TPSA) is 69.1 Å². The van der Waals surface area contributed by atoms with Crippen LogP contribution in [0.5, 0.6) is 0 Å². The maximum atomic E-state index is 5.77. The number of hydrogen-bond donors (Lipinski definition) is 0. The van der Waals surface area contributed by atoms with Gasteiger partial charge in [0.2, 0.25) is 11.0 Å². The molecule has 1 aromatic carbocycles. The average Bonchev–Trinajstić information content (AvgIpc) is 3.10. The third-order valence-electron chi connectivity index (χ3n) is 3.04. The molecule has 0 spiro atoms. The summed E-state index contributed by atoms with van der Waals surface area (Å²) in [5.74, 6) is 1.26. The Bertz CT molecular complexity index is 850. The van der Waals surface area contributed by atoms with E-state index in [0.717, 1.165) is 11.1 Å². The van der Waals surface area contributed by atoms with Crippen LogP contribution in [0.15, 0.2) is 52.3 Å². The van der Waals surface area contributed by atoms with Crippen molar-refractivity contribution < 1.29 is 4.42 Å². The first kappa shape index (κ1) is 12.3. The van der Waals surface area contributed by atoms with Crippen molar-refractivity contribution in [2.24, 2.45) is 0 Å². The molecule has 0 saturated carbocycles. The summed E-state index contributed by atoms with van der Waals surface area (Å²) in [6, 6.07) is 9.55. The monoisotopic (exact) mass is 297 g/mol. The molecule has 104 valence electrons. The Balaban J connectivity index is 1.63. The van der Waals surface area contributed by atoms with Crippen LogP contribution < -0.4 is 0 Å². The number of fused-ring (bicyclic) bond motifs is 2. The van der Waals surface area contributed by atoms with Crippen molar-refractivity contribution in [3.05, 3.63) is 48.6 Å². The molecule has 0 N–H and O–H groups in total. The predicted molar refractivity (Wildman–Crippen MR) is 79.1 cm³/mol. The van der Waals surface area contributed by atoms with E-state index in [1.807, 2.05) is 43.5 Å². The first-order valence-corrected chi connectivity index (χ1v) is 7.37. The van der Waals surface area contributed by atoms with E-state index in [1.165, 1.54) is 11.8 Å². The molecule has 0 saturated heterocycles. The first-order valence-electron chi connectivity index (χ1n) is 6.49. The molecular weight excluding hydrogens is 286 g/mol. The van der Waals surface area contributed by atoms with E-state index < -0.39 is 0 Å². The number of aromatic nitrogens is 5. The van der Waals surface area contributed by atoms with Crippen LogP contribution in [0.25, 0.3) is 16.9 Å². The molecule has 0 amide bonds. The zero-order chi connectivity index (χ0) is 14.2. The van der Waals surface area contributed by atoms with Gasteiger partial charge < -0.3 is 4.42 Å². The minimum atomic E-state index is 0.0230. The molecule has 21 heavy (non-hydrogen) atoms. The second-order valence-corrected chi connectivity index (χ2v) is 5.85. The van der Waals surface area contributed by atoms with Crippen LogP contribution in [0, 0.1) is 0 Å². The molecule has 0 bridgehead atoms. The predicted octanol–water partition coefficient (Wildman–Crippen LogP) is 3.12. The van der Waals surface area contributed by atoms with Gasteiger partial charge in [0, 0.05) is 12.4 Å². The summed E-state index contributed by atoms with van der Waals surface area (Å²) in [7, 11) is 0. The standard InChI is InChI=1S/C14H11N5OS/c1-9(12-16-10-5-2-3-6-11(10)20-12)21-14-17-13-15-7-4-8-19(13)18-14/h2-9H,1H3/t9-/m1/s1. The molecule has 0 aliphatic heterocycles. The Morgan fingerprint density at radius 1 is 1.19 bits per heavy atom. The minimum absolute atomic E-state index is 0.0230. The Labute approximate surface area is 124 Å². The van der Waals surface area contributed by atoms with Crippen molar-refractivity contribution >= 4 is 28.6 Å². The lowest BCUT2D eigenvalue weighted by Crippen LogP contribution is -1.90. The van der Waals surface area contributed by atoms with Crippen LogP contribution in [0.3, 0.4) is 0 Å². The number of hydrogen-bond acceptors (Lipinski definition) is 6. The van der Waals surface area contributed by atoms with Gasteiger partial charge in [0.1, 0.15) is 5.52 Å². The fourth-order valence-electron chi connectivity index (χ4n) is 2.04. The second kappa shape index (κ2) is 4.85. The first-order chi connectivity index (χ1) is 10.3. The van der Waals surface area contributed by atoms with Gasteiger partial charge >= 0.3 is 0 Å². The van der Waals surface area contributed by atoms with Crippen LogP contribution in [-0.4, -0.2) is 24.6 Å². The number of para-hydroxylation sites is 2. The van der Waals surface area contributed by atoms with Crippen LogP contribution >= 0.6 is 11.8 Å². The summed E-state index contributed by atoms with van der Waals surface area (Å²) in [5.41, 5.74) is 1.66. The summed E-state index contributed by atoms with van der Waals surface area (Å²) in [5, 5.41) is 5.05. The van der Waals surface area contributed by atoms with Gasteiger partial charge in [0.05, 0.1) is 5.25 Å². The summed E-state index contributed by atoms with van der Waals surface area (Å²) < 4.78 is 7.42. The number of rotatable bonds is 3. The van der Waals surface area contributed by atoms with Gasteiger partial charge in [-0.3, -0.25) is 0 Å². The van der Waals surface area contributed by atoms with Crippen molar-refractivity contribution in [3.63, 3.8) is 0 Å². The Morgan fingerprint density at radius 3 is 2.95 bits per heavy atom. The van der Waals surface area contributed by atoms with Crippen LogP contribution in [0.2, 0.25) is 0 Å². The zero-order valence-electron chi connectivity index (χ0n) is 11.2. The van der Waals surface area contributed by atoms with Gasteiger partial charge in [-0.25, -0.2) is 14.5 Å². The largest absolute Gasteiger partial charge is 0.439 e. The Hall–Kier alpha value is -2.41. The van der Waals surface area contributed by atoms with Crippen LogP contribution in [0.1, 0.15) is 18.1 Å². The average molecular weight is 297 g/mol. The molecule has 3 heterocycles. The van der Waals surface area contributed by atoms with Crippen LogP contribution in [0.4, 0.5) is 0 Å². The van der Waals surface area contributed by atoms with Gasteiger partial charge in [-0.05, 0) is 25.1 Å². The van der Waals surface area contributed by atoms with E-state index in [9.17, 15) is 0 Å². The molecule has 0 unspecified atom stereocenters. The van der Waals surface area contributed by atoms with E-state index in [2.05, 4.69) is 20.1 Å². The molecule has 4 rings (SSSR count). The quantitative estimate of drug-likeness (QED) is 0.541. The molecule has 6 nitrogen and oxygen atoms in total. The molecular formula is C14H11N5OS. The highest BCUT2D eigenvalue weighted by Gasteiger charge is 2.17. The fraction of sp³-hybridized carbons (Fsp3) is 0.143. The van der Waals surface area contributed by atoms with Crippen molar-refractivity contribution in [2.45, 2.75) is 17.3 Å². The van der Waals surface area contributed by atoms with Crippen molar-refractivity contribution in [2.75, 3.05) is 0 Å². The SMILES string of the molecule is C[C@@H](Sc1nc2ncccn2n1)c1nc2ccccc2o1. The lowest BCUT2D eigenvalue weighted by Gasteiger charge is -2.02. The summed E-state index contributed by atoms with van der Waals surface area (Å²) in [6.07, 6.45) is 3.52. The second-order valence-electron chi connectivity index (χ2n) is 4.54. The fourth-order valence-corrected chi connectivity index (χ4v) is 2.82. The molecule has 4 aromatic rings. The van der Waals surface area contributed by atoms with Gasteiger partial charge in [-0.15, -0.1) is 5.10 Å². The van der Waals surface area contributed by atoms with Crippen molar-refractivity contribution in [1.82, 2.24) is 24.6 Å². The van der Waals surface area contributed by atoms with E-state index >= 15 is 0 Å². The number of benzene rings is 1. The maximum Gasteiger partial charge on any atom is 0.253 e. The van der Waals surface area contributed by atoms with E-state index in [-0.39, 0.29) is 5.25 Å². The van der Waals surface area contributed by atoms with Gasteiger partial charge in [0.15, 0.2) is 5.58 Å². The number of nitrogens with zero attached hydrogens (tertiary/aromatic N) is 5. The Kier molecular flexibility index (Phi) is 2.85. The number of oxazole rings is 1. The van der Waals surface area contributed by atoms with Crippen molar-refractivity contribution in [1.29, 1.82) is 0 Å². The van der Waals surface area contributed by atoms with E-state index in [4.69, 9.17) is 4.42 Å². The normalized spacial score (nSPS) is 13.0. The third kappa shape index (κ3) is 2.25. The van der Waals surface area contributed by atoms with E-state index in [1.54, 1.807) is 10.7 Å².